The molecule has 1 aliphatic heterocycles. The average Bonchev–Trinajstić information content (AvgIpc) is 3.22. The molecule has 0 bridgehead atoms. The van der Waals surface area contributed by atoms with Crippen molar-refractivity contribution in [2.75, 3.05) is 6.79 Å². The Bertz CT molecular complexity index is 802. The zero-order valence-electron chi connectivity index (χ0n) is 13.8. The van der Waals surface area contributed by atoms with Crippen LogP contribution in [0.4, 0.5) is 0 Å². The molecule has 1 aliphatic rings. The first-order valence-corrected chi connectivity index (χ1v) is 8.65. The highest BCUT2D eigenvalue weighted by Gasteiger charge is 2.23. The Morgan fingerprint density at radius 2 is 2.08 bits per heavy atom. The number of aliphatic carboxylic acids is 1. The van der Waals surface area contributed by atoms with Crippen molar-refractivity contribution >= 4 is 23.2 Å². The largest absolute Gasteiger partial charge is 0.480 e. The van der Waals surface area contributed by atoms with Gasteiger partial charge in [-0.2, -0.15) is 0 Å². The van der Waals surface area contributed by atoms with Gasteiger partial charge in [0.05, 0.1) is 6.20 Å². The molecule has 1 aromatic heterocycles. The lowest BCUT2D eigenvalue weighted by Crippen LogP contribution is -2.41. The summed E-state index contributed by atoms with van der Waals surface area (Å²) in [6, 6.07) is 4.53. The number of aromatic nitrogens is 1. The van der Waals surface area contributed by atoms with E-state index >= 15 is 0 Å². The lowest BCUT2D eigenvalue weighted by molar-refractivity contribution is -0.139. The lowest BCUT2D eigenvalue weighted by atomic mass is 10.0. The third kappa shape index (κ3) is 3.90. The SMILES string of the molecule is CC(C)C[C@@H](NC(=O)c1cnc(-c2ccc3c(c2)OCO3)s1)C(=O)O. The summed E-state index contributed by atoms with van der Waals surface area (Å²) in [5.41, 5.74) is 0.810. The van der Waals surface area contributed by atoms with Crippen LogP contribution in [0.1, 0.15) is 29.9 Å². The van der Waals surface area contributed by atoms with Gasteiger partial charge in [0.2, 0.25) is 6.79 Å². The van der Waals surface area contributed by atoms with Crippen LogP contribution in [-0.2, 0) is 4.79 Å². The molecule has 8 heteroatoms. The molecule has 1 amide bonds. The van der Waals surface area contributed by atoms with Crippen molar-refractivity contribution in [3.63, 3.8) is 0 Å². The van der Waals surface area contributed by atoms with Crippen LogP contribution in [-0.4, -0.2) is 34.8 Å². The zero-order chi connectivity index (χ0) is 18.0. The van der Waals surface area contributed by atoms with E-state index in [4.69, 9.17) is 9.47 Å². The van der Waals surface area contributed by atoms with Crippen molar-refractivity contribution in [2.45, 2.75) is 26.3 Å². The Kier molecular flexibility index (Phi) is 4.89. The third-order valence-electron chi connectivity index (χ3n) is 3.66. The number of hydrogen-bond acceptors (Lipinski definition) is 6. The molecule has 7 nitrogen and oxygen atoms in total. The molecule has 3 rings (SSSR count). The minimum absolute atomic E-state index is 0.159. The molecule has 0 spiro atoms. The first-order valence-electron chi connectivity index (χ1n) is 7.83. The van der Waals surface area contributed by atoms with Crippen LogP contribution in [0.5, 0.6) is 11.5 Å². The second kappa shape index (κ2) is 7.10. The van der Waals surface area contributed by atoms with Gasteiger partial charge >= 0.3 is 5.97 Å². The third-order valence-corrected chi connectivity index (χ3v) is 4.70. The number of nitrogens with one attached hydrogen (secondary N) is 1. The van der Waals surface area contributed by atoms with Gasteiger partial charge in [0.25, 0.3) is 5.91 Å². The molecule has 2 heterocycles. The number of rotatable bonds is 6. The molecule has 0 saturated carbocycles. The van der Waals surface area contributed by atoms with E-state index in [0.29, 0.717) is 27.8 Å². The number of carbonyl (C=O) groups is 2. The number of nitrogens with zero attached hydrogens (tertiary/aromatic N) is 1. The predicted molar refractivity (Wildman–Crippen MR) is 92.0 cm³/mol. The Hall–Kier alpha value is -2.61. The average molecular weight is 362 g/mol. The van der Waals surface area contributed by atoms with Gasteiger partial charge in [0.15, 0.2) is 11.5 Å². The van der Waals surface area contributed by atoms with Gasteiger partial charge in [-0.1, -0.05) is 13.8 Å². The normalized spacial score (nSPS) is 13.7. The molecule has 2 aromatic rings. The minimum Gasteiger partial charge on any atom is -0.480 e. The van der Waals surface area contributed by atoms with Gasteiger partial charge in [-0.25, -0.2) is 9.78 Å². The summed E-state index contributed by atoms with van der Waals surface area (Å²) in [5.74, 6) is 0.00462. The molecule has 132 valence electrons. The second-order valence-corrected chi connectivity index (χ2v) is 7.12. The summed E-state index contributed by atoms with van der Waals surface area (Å²) in [4.78, 5) is 28.2. The number of amides is 1. The molecule has 0 unspecified atom stereocenters. The summed E-state index contributed by atoms with van der Waals surface area (Å²) in [7, 11) is 0. The number of carboxylic acids is 1. The number of fused-ring (bicyclic) bond motifs is 1. The fraction of sp³-hybridized carbons (Fsp3) is 0.353. The number of thiazole rings is 1. The topological polar surface area (TPSA) is 97.8 Å². The van der Waals surface area contributed by atoms with Gasteiger partial charge < -0.3 is 19.9 Å². The minimum atomic E-state index is -1.04. The molecule has 25 heavy (non-hydrogen) atoms. The fourth-order valence-corrected chi connectivity index (χ4v) is 3.28. The summed E-state index contributed by atoms with van der Waals surface area (Å²) >= 11 is 1.20. The van der Waals surface area contributed by atoms with Gasteiger partial charge in [0, 0.05) is 5.56 Å². The number of hydrogen-bond donors (Lipinski definition) is 2. The Labute approximate surface area is 148 Å². The molecule has 2 N–H and O–H groups in total. The maximum absolute atomic E-state index is 12.3. The standard InChI is InChI=1S/C17H18N2O5S/c1-9(2)5-11(17(21)22)19-15(20)14-7-18-16(25-14)10-3-4-12-13(6-10)24-8-23-12/h3-4,6-7,9,11H,5,8H2,1-2H3,(H,19,20)(H,21,22)/t11-/m1/s1. The van der Waals surface area contributed by atoms with Gasteiger partial charge in [-0.3, -0.25) is 4.79 Å². The van der Waals surface area contributed by atoms with Crippen LogP contribution in [0.3, 0.4) is 0 Å². The molecule has 0 saturated heterocycles. The van der Waals surface area contributed by atoms with E-state index in [1.807, 2.05) is 26.0 Å². The second-order valence-electron chi connectivity index (χ2n) is 6.09. The summed E-state index contributed by atoms with van der Waals surface area (Å²) in [6.07, 6.45) is 1.82. The van der Waals surface area contributed by atoms with Crippen LogP contribution in [0, 0.1) is 5.92 Å². The molecule has 0 fully saturated rings. The van der Waals surface area contributed by atoms with Gasteiger partial charge in [-0.15, -0.1) is 11.3 Å². The summed E-state index contributed by atoms with van der Waals surface area (Å²) in [6.45, 7) is 4.01. The summed E-state index contributed by atoms with van der Waals surface area (Å²) in [5, 5.41) is 12.4. The van der Waals surface area contributed by atoms with Crippen molar-refractivity contribution in [3.05, 3.63) is 29.3 Å². The fourth-order valence-electron chi connectivity index (χ4n) is 2.46. The highest BCUT2D eigenvalue weighted by atomic mass is 32.1. The molecular weight excluding hydrogens is 344 g/mol. The summed E-state index contributed by atoms with van der Waals surface area (Å²) < 4.78 is 10.6. The quantitative estimate of drug-likeness (QED) is 0.820. The van der Waals surface area contributed by atoms with E-state index in [0.717, 1.165) is 5.56 Å². The highest BCUT2D eigenvalue weighted by molar-refractivity contribution is 7.16. The number of ether oxygens (including phenoxy) is 2. The predicted octanol–water partition coefficient (Wildman–Crippen LogP) is 2.77. The van der Waals surface area contributed by atoms with Crippen molar-refractivity contribution in [2.24, 2.45) is 5.92 Å². The van der Waals surface area contributed by atoms with Crippen LogP contribution in [0.2, 0.25) is 0 Å². The van der Waals surface area contributed by atoms with E-state index in [9.17, 15) is 14.7 Å². The van der Waals surface area contributed by atoms with E-state index in [1.54, 1.807) is 6.07 Å². The Balaban J connectivity index is 1.74. The first-order chi connectivity index (χ1) is 11.9. The maximum Gasteiger partial charge on any atom is 0.326 e. The number of carboxylic acid groups (broad SMARTS) is 1. The first kappa shape index (κ1) is 17.2. The monoisotopic (exact) mass is 362 g/mol. The van der Waals surface area contributed by atoms with Crippen LogP contribution in [0.15, 0.2) is 24.4 Å². The number of carbonyl (C=O) groups excluding carboxylic acids is 1. The van der Waals surface area contributed by atoms with Crippen molar-refractivity contribution in [1.82, 2.24) is 10.3 Å². The van der Waals surface area contributed by atoms with Crippen molar-refractivity contribution in [3.8, 4) is 22.1 Å². The van der Waals surface area contributed by atoms with E-state index in [1.165, 1.54) is 17.5 Å². The molecule has 0 radical (unpaired) electrons. The van der Waals surface area contributed by atoms with Crippen molar-refractivity contribution in [1.29, 1.82) is 0 Å². The van der Waals surface area contributed by atoms with Crippen LogP contribution in [0.25, 0.3) is 10.6 Å². The molecule has 1 atom stereocenters. The Morgan fingerprint density at radius 1 is 1.32 bits per heavy atom. The lowest BCUT2D eigenvalue weighted by Gasteiger charge is -2.15. The number of benzene rings is 1. The van der Waals surface area contributed by atoms with Crippen LogP contribution < -0.4 is 14.8 Å². The van der Waals surface area contributed by atoms with Gasteiger partial charge in [0.1, 0.15) is 15.9 Å². The maximum atomic E-state index is 12.3. The molecule has 1 aromatic carbocycles. The molecular formula is C17H18N2O5S. The van der Waals surface area contributed by atoms with E-state index in [-0.39, 0.29) is 12.7 Å². The van der Waals surface area contributed by atoms with Gasteiger partial charge in [-0.05, 0) is 30.5 Å². The zero-order valence-corrected chi connectivity index (χ0v) is 14.6. The highest BCUT2D eigenvalue weighted by Crippen LogP contribution is 2.36. The Morgan fingerprint density at radius 3 is 2.80 bits per heavy atom. The van der Waals surface area contributed by atoms with E-state index < -0.39 is 17.9 Å². The molecule has 0 aliphatic carbocycles. The smallest absolute Gasteiger partial charge is 0.326 e. The van der Waals surface area contributed by atoms with E-state index in [2.05, 4.69) is 10.3 Å². The van der Waals surface area contributed by atoms with Crippen molar-refractivity contribution < 1.29 is 24.2 Å². The van der Waals surface area contributed by atoms with Crippen LogP contribution >= 0.6 is 11.3 Å².